The molecule has 3 N–H and O–H groups in total. The summed E-state index contributed by atoms with van der Waals surface area (Å²) >= 11 is 6.79. The van der Waals surface area contributed by atoms with Gasteiger partial charge in [0.2, 0.25) is 0 Å². The Morgan fingerprint density at radius 1 is 1.77 bits per heavy atom. The largest absolute Gasteiger partial charge is 0.478 e. The molecular formula is C7H7ClN2O2S. The third-order valence-corrected chi connectivity index (χ3v) is 2.46. The quantitative estimate of drug-likeness (QED) is 0.743. The SMILES string of the molecule is CC=C(C(=O)O)c1nc(N)sc1Cl. The Bertz CT molecular complexity index is 373. The Kier molecular flexibility index (Phi) is 2.90. The average Bonchev–Trinajstić information content (AvgIpc) is 2.31. The van der Waals surface area contributed by atoms with Crippen molar-refractivity contribution in [3.8, 4) is 0 Å². The molecule has 70 valence electrons. The molecule has 0 atom stereocenters. The van der Waals surface area contributed by atoms with Crippen LogP contribution in [0.3, 0.4) is 0 Å². The lowest BCUT2D eigenvalue weighted by atomic mass is 10.2. The lowest BCUT2D eigenvalue weighted by molar-refractivity contribution is -0.130. The van der Waals surface area contributed by atoms with Crippen molar-refractivity contribution in [3.05, 3.63) is 16.1 Å². The molecule has 4 nitrogen and oxygen atoms in total. The number of nitrogen functional groups attached to an aromatic ring is 1. The highest BCUT2D eigenvalue weighted by molar-refractivity contribution is 7.19. The number of halogens is 1. The second-order valence-corrected chi connectivity index (χ2v) is 3.81. The molecule has 0 aliphatic rings. The first-order chi connectivity index (χ1) is 6.06. The third-order valence-electron chi connectivity index (χ3n) is 1.38. The fraction of sp³-hybridized carbons (Fsp3) is 0.143. The molecule has 1 rings (SSSR count). The van der Waals surface area contributed by atoms with Crippen LogP contribution in [0.15, 0.2) is 6.08 Å². The van der Waals surface area contributed by atoms with Crippen molar-refractivity contribution in [2.75, 3.05) is 5.73 Å². The molecule has 0 saturated heterocycles. The van der Waals surface area contributed by atoms with Gasteiger partial charge in [-0.05, 0) is 6.92 Å². The monoisotopic (exact) mass is 218 g/mol. The van der Waals surface area contributed by atoms with E-state index < -0.39 is 5.97 Å². The van der Waals surface area contributed by atoms with E-state index in [1.165, 1.54) is 6.08 Å². The van der Waals surface area contributed by atoms with Gasteiger partial charge in [-0.1, -0.05) is 29.0 Å². The first-order valence-electron chi connectivity index (χ1n) is 3.38. The number of carbonyl (C=O) groups is 1. The third kappa shape index (κ3) is 1.99. The zero-order valence-corrected chi connectivity index (χ0v) is 8.32. The summed E-state index contributed by atoms with van der Waals surface area (Å²) in [4.78, 5) is 14.5. The minimum Gasteiger partial charge on any atom is -0.478 e. The Labute approximate surface area is 83.7 Å². The van der Waals surface area contributed by atoms with E-state index in [2.05, 4.69) is 4.98 Å². The van der Waals surface area contributed by atoms with Crippen LogP contribution in [0.4, 0.5) is 5.13 Å². The van der Waals surface area contributed by atoms with Crippen molar-refractivity contribution < 1.29 is 9.90 Å². The van der Waals surface area contributed by atoms with E-state index in [4.69, 9.17) is 22.4 Å². The highest BCUT2D eigenvalue weighted by Gasteiger charge is 2.17. The molecule has 1 aromatic heterocycles. The van der Waals surface area contributed by atoms with Crippen molar-refractivity contribution >= 4 is 39.6 Å². The number of aromatic nitrogens is 1. The fourth-order valence-electron chi connectivity index (χ4n) is 0.845. The van der Waals surface area contributed by atoms with E-state index in [-0.39, 0.29) is 16.4 Å². The summed E-state index contributed by atoms with van der Waals surface area (Å²) in [6.45, 7) is 1.61. The van der Waals surface area contributed by atoms with E-state index in [0.717, 1.165) is 11.3 Å². The first-order valence-corrected chi connectivity index (χ1v) is 4.57. The van der Waals surface area contributed by atoms with Gasteiger partial charge in [0.05, 0.1) is 5.57 Å². The number of hydrogen-bond donors (Lipinski definition) is 2. The summed E-state index contributed by atoms with van der Waals surface area (Å²) < 4.78 is 0.299. The van der Waals surface area contributed by atoms with Crippen molar-refractivity contribution in [2.45, 2.75) is 6.92 Å². The Morgan fingerprint density at radius 3 is 2.69 bits per heavy atom. The van der Waals surface area contributed by atoms with Crippen LogP contribution in [0, 0.1) is 0 Å². The van der Waals surface area contributed by atoms with Gasteiger partial charge in [0, 0.05) is 0 Å². The lowest BCUT2D eigenvalue weighted by Crippen LogP contribution is -2.00. The maximum absolute atomic E-state index is 10.7. The maximum atomic E-state index is 10.7. The van der Waals surface area contributed by atoms with Crippen LogP contribution >= 0.6 is 22.9 Å². The summed E-state index contributed by atoms with van der Waals surface area (Å²) in [7, 11) is 0. The van der Waals surface area contributed by atoms with Gasteiger partial charge in [-0.15, -0.1) is 0 Å². The Balaban J connectivity index is 3.20. The van der Waals surface area contributed by atoms with Gasteiger partial charge >= 0.3 is 5.97 Å². The molecule has 0 aliphatic carbocycles. The van der Waals surface area contributed by atoms with Gasteiger partial charge in [0.1, 0.15) is 10.0 Å². The lowest BCUT2D eigenvalue weighted by Gasteiger charge is -1.95. The minimum atomic E-state index is -1.06. The van der Waals surface area contributed by atoms with Gasteiger partial charge in [-0.2, -0.15) is 0 Å². The number of aliphatic carboxylic acids is 1. The number of hydrogen-bond acceptors (Lipinski definition) is 4. The van der Waals surface area contributed by atoms with E-state index in [1.807, 2.05) is 0 Å². The number of anilines is 1. The molecule has 0 saturated carbocycles. The summed E-state index contributed by atoms with van der Waals surface area (Å²) in [5.74, 6) is -1.06. The normalized spacial score (nSPS) is 11.7. The van der Waals surface area contributed by atoms with Crippen LogP contribution in [0.25, 0.3) is 5.57 Å². The van der Waals surface area contributed by atoms with Crippen LogP contribution in [-0.2, 0) is 4.79 Å². The second kappa shape index (κ2) is 3.76. The smallest absolute Gasteiger partial charge is 0.337 e. The van der Waals surface area contributed by atoms with E-state index in [1.54, 1.807) is 6.92 Å². The molecule has 0 fully saturated rings. The molecule has 0 spiro atoms. The first kappa shape index (κ1) is 10.0. The van der Waals surface area contributed by atoms with Crippen molar-refractivity contribution in [3.63, 3.8) is 0 Å². The van der Waals surface area contributed by atoms with Crippen LogP contribution in [0.1, 0.15) is 12.6 Å². The number of nitrogens with two attached hydrogens (primary N) is 1. The summed E-state index contributed by atoms with van der Waals surface area (Å²) in [6.07, 6.45) is 1.43. The highest BCUT2D eigenvalue weighted by atomic mass is 35.5. The minimum absolute atomic E-state index is 0.0675. The number of carboxylic acids is 1. The number of rotatable bonds is 2. The number of thiazole rings is 1. The number of allylic oxidation sites excluding steroid dienone is 1. The highest BCUT2D eigenvalue weighted by Crippen LogP contribution is 2.30. The standard InChI is InChI=1S/C7H7ClN2O2S/c1-2-3(6(11)12)4-5(8)13-7(9)10-4/h2H,1H3,(H2,9,10)(H,11,12). The van der Waals surface area contributed by atoms with Gasteiger partial charge < -0.3 is 10.8 Å². The molecule has 13 heavy (non-hydrogen) atoms. The van der Waals surface area contributed by atoms with E-state index in [9.17, 15) is 4.79 Å². The summed E-state index contributed by atoms with van der Waals surface area (Å²) in [6, 6.07) is 0. The molecule has 0 bridgehead atoms. The summed E-state index contributed by atoms with van der Waals surface area (Å²) in [5.41, 5.74) is 5.68. The molecule has 0 unspecified atom stereocenters. The van der Waals surface area contributed by atoms with Gasteiger partial charge in [-0.3, -0.25) is 0 Å². The Morgan fingerprint density at radius 2 is 2.38 bits per heavy atom. The average molecular weight is 219 g/mol. The van der Waals surface area contributed by atoms with E-state index in [0.29, 0.717) is 4.34 Å². The molecule has 1 aromatic rings. The molecular weight excluding hydrogens is 212 g/mol. The maximum Gasteiger partial charge on any atom is 0.337 e. The zero-order valence-electron chi connectivity index (χ0n) is 6.74. The van der Waals surface area contributed by atoms with Crippen LogP contribution in [0.5, 0.6) is 0 Å². The van der Waals surface area contributed by atoms with Crippen molar-refractivity contribution in [1.82, 2.24) is 4.98 Å². The van der Waals surface area contributed by atoms with Crippen LogP contribution < -0.4 is 5.73 Å². The van der Waals surface area contributed by atoms with Gasteiger partial charge in [-0.25, -0.2) is 9.78 Å². The topological polar surface area (TPSA) is 76.2 Å². The molecule has 6 heteroatoms. The second-order valence-electron chi connectivity index (χ2n) is 2.18. The summed E-state index contributed by atoms with van der Waals surface area (Å²) in [5, 5.41) is 9.02. The van der Waals surface area contributed by atoms with Gasteiger partial charge in [0.25, 0.3) is 0 Å². The molecule has 0 aromatic carbocycles. The van der Waals surface area contributed by atoms with Crippen molar-refractivity contribution in [2.24, 2.45) is 0 Å². The van der Waals surface area contributed by atoms with Gasteiger partial charge in [0.15, 0.2) is 5.13 Å². The van der Waals surface area contributed by atoms with Crippen LogP contribution in [0.2, 0.25) is 4.34 Å². The molecule has 0 aliphatic heterocycles. The van der Waals surface area contributed by atoms with Crippen molar-refractivity contribution in [1.29, 1.82) is 0 Å². The molecule has 0 radical (unpaired) electrons. The Hall–Kier alpha value is -1.07. The predicted octanol–water partition coefficient (Wildman–Crippen LogP) is 1.87. The fourth-order valence-corrected chi connectivity index (χ4v) is 1.80. The molecule has 1 heterocycles. The van der Waals surface area contributed by atoms with E-state index >= 15 is 0 Å². The predicted molar refractivity (Wildman–Crippen MR) is 52.8 cm³/mol. The number of carboxylic acid groups (broad SMARTS) is 1. The zero-order chi connectivity index (χ0) is 10.0. The molecule has 0 amide bonds. The number of nitrogens with zero attached hydrogens (tertiary/aromatic N) is 1. The van der Waals surface area contributed by atoms with Crippen LogP contribution in [-0.4, -0.2) is 16.1 Å².